The Morgan fingerprint density at radius 2 is 2.00 bits per heavy atom. The van der Waals surface area contributed by atoms with Gasteiger partial charge in [0.2, 0.25) is 0 Å². The third-order valence-electron chi connectivity index (χ3n) is 3.69. The lowest BCUT2D eigenvalue weighted by atomic mass is 9.86. The summed E-state index contributed by atoms with van der Waals surface area (Å²) in [6.45, 7) is 2.05. The fourth-order valence-electron chi connectivity index (χ4n) is 2.81. The number of allylic oxidation sites excluding steroid dienone is 2. The summed E-state index contributed by atoms with van der Waals surface area (Å²) in [4.78, 5) is 11.9. The quantitative estimate of drug-likeness (QED) is 0.377. The molecule has 0 spiro atoms. The van der Waals surface area contributed by atoms with Gasteiger partial charge >= 0.3 is 5.97 Å². The van der Waals surface area contributed by atoms with Crippen molar-refractivity contribution in [1.29, 1.82) is 0 Å². The normalized spacial score (nSPS) is 29.8. The molecule has 0 amide bonds. The molecule has 0 bridgehead atoms. The largest absolute Gasteiger partial charge is 0.426 e. The van der Waals surface area contributed by atoms with E-state index in [0.29, 0.717) is 5.92 Å². The molecular weight excluding hydrogens is 200 g/mol. The summed E-state index contributed by atoms with van der Waals surface area (Å²) in [6, 6.07) is 7.90. The minimum Gasteiger partial charge on any atom is -0.426 e. The molecule has 1 fully saturated rings. The molecule has 82 valence electrons. The van der Waals surface area contributed by atoms with Gasteiger partial charge in [-0.05, 0) is 31.4 Å². The van der Waals surface area contributed by atoms with Crippen LogP contribution in [0.15, 0.2) is 35.9 Å². The maximum absolute atomic E-state index is 11.9. The average molecular weight is 214 g/mol. The van der Waals surface area contributed by atoms with Gasteiger partial charge < -0.3 is 4.74 Å². The van der Waals surface area contributed by atoms with Crippen LogP contribution in [-0.4, -0.2) is 5.97 Å². The number of hydrogen-bond acceptors (Lipinski definition) is 2. The number of carbonyl (C=O) groups excluding carboxylic acids is 1. The van der Waals surface area contributed by atoms with Crippen molar-refractivity contribution in [3.8, 4) is 5.75 Å². The Hall–Kier alpha value is -1.57. The first-order chi connectivity index (χ1) is 7.79. The van der Waals surface area contributed by atoms with Gasteiger partial charge in [-0.2, -0.15) is 0 Å². The van der Waals surface area contributed by atoms with Crippen LogP contribution in [0.25, 0.3) is 0 Å². The van der Waals surface area contributed by atoms with Crippen molar-refractivity contribution in [3.63, 3.8) is 0 Å². The molecule has 2 aliphatic rings. The van der Waals surface area contributed by atoms with Crippen molar-refractivity contribution in [3.05, 3.63) is 41.5 Å². The third kappa shape index (κ3) is 1.29. The number of hydrogen-bond donors (Lipinski definition) is 0. The fraction of sp³-hybridized carbons (Fsp3) is 0.357. The number of fused-ring (bicyclic) bond motifs is 3. The van der Waals surface area contributed by atoms with Crippen LogP contribution in [0.2, 0.25) is 0 Å². The summed E-state index contributed by atoms with van der Waals surface area (Å²) in [5.74, 6) is 1.08. The Morgan fingerprint density at radius 1 is 1.25 bits per heavy atom. The Morgan fingerprint density at radius 3 is 2.81 bits per heavy atom. The molecule has 16 heavy (non-hydrogen) atoms. The SMILES string of the molecule is C/C=C1\CC2C(=O)Oc3ccccc3C2C1. The van der Waals surface area contributed by atoms with E-state index >= 15 is 0 Å². The topological polar surface area (TPSA) is 26.3 Å². The number of rotatable bonds is 0. The monoisotopic (exact) mass is 214 g/mol. The predicted molar refractivity (Wildman–Crippen MR) is 61.3 cm³/mol. The molecule has 3 rings (SSSR count). The lowest BCUT2D eigenvalue weighted by Gasteiger charge is -2.26. The van der Waals surface area contributed by atoms with Gasteiger partial charge in [-0.25, -0.2) is 0 Å². The van der Waals surface area contributed by atoms with Gasteiger partial charge in [0.15, 0.2) is 0 Å². The molecule has 0 N–H and O–H groups in total. The van der Waals surface area contributed by atoms with E-state index in [4.69, 9.17) is 4.74 Å². The molecule has 1 aromatic carbocycles. The fourth-order valence-corrected chi connectivity index (χ4v) is 2.81. The second kappa shape index (κ2) is 3.48. The molecule has 1 aliphatic heterocycles. The van der Waals surface area contributed by atoms with Crippen LogP contribution in [-0.2, 0) is 4.79 Å². The highest BCUT2D eigenvalue weighted by molar-refractivity contribution is 5.80. The van der Waals surface area contributed by atoms with Crippen molar-refractivity contribution in [2.45, 2.75) is 25.7 Å². The highest BCUT2D eigenvalue weighted by Gasteiger charge is 2.42. The Bertz CT molecular complexity index is 473. The van der Waals surface area contributed by atoms with E-state index in [1.807, 2.05) is 25.1 Å². The van der Waals surface area contributed by atoms with Crippen molar-refractivity contribution < 1.29 is 9.53 Å². The summed E-state index contributed by atoms with van der Waals surface area (Å²) in [6.07, 6.45) is 4.01. The number of ether oxygens (including phenoxy) is 1. The maximum atomic E-state index is 11.9. The van der Waals surface area contributed by atoms with Gasteiger partial charge in [0.25, 0.3) is 0 Å². The van der Waals surface area contributed by atoms with Crippen LogP contribution in [0.5, 0.6) is 5.75 Å². The van der Waals surface area contributed by atoms with Crippen LogP contribution in [0.4, 0.5) is 0 Å². The van der Waals surface area contributed by atoms with Gasteiger partial charge in [-0.1, -0.05) is 29.8 Å². The number of carbonyl (C=O) groups is 1. The van der Waals surface area contributed by atoms with E-state index in [1.54, 1.807) is 0 Å². The van der Waals surface area contributed by atoms with E-state index in [-0.39, 0.29) is 11.9 Å². The molecule has 2 nitrogen and oxygen atoms in total. The predicted octanol–water partition coefficient (Wildman–Crippen LogP) is 3.05. The Balaban J connectivity index is 2.07. The van der Waals surface area contributed by atoms with E-state index in [9.17, 15) is 4.79 Å². The van der Waals surface area contributed by atoms with Gasteiger partial charge in [-0.3, -0.25) is 4.79 Å². The zero-order valence-electron chi connectivity index (χ0n) is 9.27. The van der Waals surface area contributed by atoms with Crippen LogP contribution in [0.1, 0.15) is 31.2 Å². The number of esters is 1. The van der Waals surface area contributed by atoms with Gasteiger partial charge in [0, 0.05) is 5.92 Å². The van der Waals surface area contributed by atoms with Gasteiger partial charge in [-0.15, -0.1) is 0 Å². The van der Waals surface area contributed by atoms with Crippen LogP contribution >= 0.6 is 0 Å². The first kappa shape index (κ1) is 9.64. The molecule has 0 saturated heterocycles. The molecule has 1 aliphatic carbocycles. The van der Waals surface area contributed by atoms with Crippen molar-refractivity contribution in [2.24, 2.45) is 5.92 Å². The van der Waals surface area contributed by atoms with E-state index < -0.39 is 0 Å². The number of para-hydroxylation sites is 1. The second-order valence-electron chi connectivity index (χ2n) is 4.53. The van der Waals surface area contributed by atoms with Gasteiger partial charge in [0.05, 0.1) is 5.92 Å². The van der Waals surface area contributed by atoms with Crippen LogP contribution < -0.4 is 4.74 Å². The molecular formula is C14H14O2. The summed E-state index contributed by atoms with van der Waals surface area (Å²) >= 11 is 0. The molecule has 2 unspecified atom stereocenters. The van der Waals surface area contributed by atoms with E-state index in [1.165, 1.54) is 11.1 Å². The minimum absolute atomic E-state index is 0.0427. The Kier molecular flexibility index (Phi) is 2.10. The van der Waals surface area contributed by atoms with Crippen molar-refractivity contribution >= 4 is 5.97 Å². The lowest BCUT2D eigenvalue weighted by molar-refractivity contribution is -0.140. The highest BCUT2D eigenvalue weighted by Crippen LogP contribution is 2.48. The van der Waals surface area contributed by atoms with Crippen LogP contribution in [0, 0.1) is 5.92 Å². The second-order valence-corrected chi connectivity index (χ2v) is 4.53. The minimum atomic E-state index is -0.0550. The molecule has 1 heterocycles. The molecule has 1 aromatic rings. The smallest absolute Gasteiger partial charge is 0.315 e. The summed E-state index contributed by atoms with van der Waals surface area (Å²) in [5.41, 5.74) is 2.58. The molecule has 1 saturated carbocycles. The summed E-state index contributed by atoms with van der Waals surface area (Å²) in [7, 11) is 0. The molecule has 2 atom stereocenters. The average Bonchev–Trinajstić information content (AvgIpc) is 2.74. The van der Waals surface area contributed by atoms with Gasteiger partial charge in [0.1, 0.15) is 5.75 Å². The Labute approximate surface area is 94.9 Å². The summed E-state index contributed by atoms with van der Waals surface area (Å²) in [5, 5.41) is 0. The molecule has 0 radical (unpaired) electrons. The van der Waals surface area contributed by atoms with E-state index in [0.717, 1.165) is 18.6 Å². The lowest BCUT2D eigenvalue weighted by Crippen LogP contribution is -2.28. The molecule has 0 aromatic heterocycles. The van der Waals surface area contributed by atoms with Crippen LogP contribution in [0.3, 0.4) is 0 Å². The van der Waals surface area contributed by atoms with Crippen molar-refractivity contribution in [1.82, 2.24) is 0 Å². The summed E-state index contributed by atoms with van der Waals surface area (Å²) < 4.78 is 5.37. The number of benzene rings is 1. The first-order valence-corrected chi connectivity index (χ1v) is 5.74. The highest BCUT2D eigenvalue weighted by atomic mass is 16.5. The molecule has 2 heteroatoms. The third-order valence-corrected chi connectivity index (χ3v) is 3.69. The first-order valence-electron chi connectivity index (χ1n) is 5.74. The maximum Gasteiger partial charge on any atom is 0.315 e. The van der Waals surface area contributed by atoms with E-state index in [2.05, 4.69) is 12.1 Å². The standard InChI is InChI=1S/C14H14O2/c1-2-9-7-11-10-5-3-4-6-13(10)16-14(15)12(11)8-9/h2-6,11-12H,7-8H2,1H3/b9-2-. The zero-order chi connectivity index (χ0) is 11.1. The van der Waals surface area contributed by atoms with Crippen molar-refractivity contribution in [2.75, 3.05) is 0 Å². The zero-order valence-corrected chi connectivity index (χ0v) is 9.27.